The van der Waals surface area contributed by atoms with Crippen LogP contribution in [0.4, 0.5) is 4.39 Å². The van der Waals surface area contributed by atoms with Gasteiger partial charge in [0.2, 0.25) is 0 Å². The minimum atomic E-state index is -0.247. The lowest BCUT2D eigenvalue weighted by Crippen LogP contribution is -2.33. The summed E-state index contributed by atoms with van der Waals surface area (Å²) < 4.78 is 13.7. The van der Waals surface area contributed by atoms with Gasteiger partial charge in [0.05, 0.1) is 6.61 Å². The van der Waals surface area contributed by atoms with E-state index in [1.54, 1.807) is 12.1 Å². The van der Waals surface area contributed by atoms with Gasteiger partial charge in [-0.1, -0.05) is 18.2 Å². The van der Waals surface area contributed by atoms with E-state index in [1.165, 1.54) is 6.07 Å². The van der Waals surface area contributed by atoms with Crippen LogP contribution in [-0.2, 0) is 0 Å². The number of nitrogens with zero attached hydrogens (tertiary/aromatic N) is 2. The SMILES string of the molecule is NC(CCN1CCCN(CCO)CC1)c1ccccc1F. The molecule has 0 saturated carbocycles. The predicted molar refractivity (Wildman–Crippen MR) is 82.5 cm³/mol. The number of rotatable bonds is 6. The third-order valence-electron chi connectivity index (χ3n) is 4.16. The van der Waals surface area contributed by atoms with Crippen molar-refractivity contribution in [2.45, 2.75) is 18.9 Å². The van der Waals surface area contributed by atoms with E-state index in [-0.39, 0.29) is 18.5 Å². The van der Waals surface area contributed by atoms with E-state index >= 15 is 0 Å². The summed E-state index contributed by atoms with van der Waals surface area (Å²) in [6.07, 6.45) is 1.87. The average Bonchev–Trinajstić information content (AvgIpc) is 2.71. The average molecular weight is 295 g/mol. The first-order valence-electron chi connectivity index (χ1n) is 7.76. The van der Waals surface area contributed by atoms with Crippen molar-refractivity contribution in [2.24, 2.45) is 5.73 Å². The third kappa shape index (κ3) is 5.04. The second-order valence-corrected chi connectivity index (χ2v) is 5.68. The standard InChI is InChI=1S/C16H26FN3O/c17-15-5-2-1-4-14(15)16(18)6-9-19-7-3-8-20(11-10-19)12-13-21/h1-2,4-5,16,21H,3,6-13,18H2. The number of aliphatic hydroxyl groups excluding tert-OH is 1. The van der Waals surface area contributed by atoms with Crippen molar-refractivity contribution in [1.29, 1.82) is 0 Å². The van der Waals surface area contributed by atoms with Crippen LogP contribution in [0.5, 0.6) is 0 Å². The Morgan fingerprint density at radius 3 is 2.43 bits per heavy atom. The molecule has 1 aliphatic heterocycles. The van der Waals surface area contributed by atoms with Crippen LogP contribution in [-0.4, -0.2) is 60.8 Å². The zero-order valence-corrected chi connectivity index (χ0v) is 12.5. The molecule has 1 unspecified atom stereocenters. The first-order valence-corrected chi connectivity index (χ1v) is 7.76. The molecule has 1 fully saturated rings. The highest BCUT2D eigenvalue weighted by molar-refractivity contribution is 5.20. The van der Waals surface area contributed by atoms with E-state index in [1.807, 2.05) is 6.07 Å². The van der Waals surface area contributed by atoms with E-state index in [0.29, 0.717) is 5.56 Å². The largest absolute Gasteiger partial charge is 0.395 e. The van der Waals surface area contributed by atoms with Gasteiger partial charge < -0.3 is 15.7 Å². The number of aliphatic hydroxyl groups is 1. The lowest BCUT2D eigenvalue weighted by atomic mass is 10.0. The summed E-state index contributed by atoms with van der Waals surface area (Å²) in [5.74, 6) is -0.213. The van der Waals surface area contributed by atoms with Crippen molar-refractivity contribution in [1.82, 2.24) is 9.80 Å². The van der Waals surface area contributed by atoms with Gasteiger partial charge in [0.1, 0.15) is 5.82 Å². The number of benzene rings is 1. The summed E-state index contributed by atoms with van der Waals surface area (Å²) >= 11 is 0. The van der Waals surface area contributed by atoms with E-state index in [9.17, 15) is 4.39 Å². The predicted octanol–water partition coefficient (Wildman–Crippen LogP) is 1.22. The molecular formula is C16H26FN3O. The molecule has 1 saturated heterocycles. The van der Waals surface area contributed by atoms with Crippen LogP contribution in [0, 0.1) is 5.82 Å². The van der Waals surface area contributed by atoms with Crippen molar-refractivity contribution in [3.8, 4) is 0 Å². The fourth-order valence-electron chi connectivity index (χ4n) is 2.87. The Labute approximate surface area is 126 Å². The molecule has 118 valence electrons. The van der Waals surface area contributed by atoms with E-state index in [0.717, 1.165) is 52.1 Å². The van der Waals surface area contributed by atoms with Crippen molar-refractivity contribution < 1.29 is 9.50 Å². The highest BCUT2D eigenvalue weighted by Crippen LogP contribution is 2.18. The normalized spacial score (nSPS) is 19.4. The Balaban J connectivity index is 1.79. The zero-order chi connectivity index (χ0) is 15.1. The lowest BCUT2D eigenvalue weighted by Gasteiger charge is -2.23. The molecule has 4 nitrogen and oxygen atoms in total. The molecule has 0 bridgehead atoms. The Morgan fingerprint density at radius 2 is 1.76 bits per heavy atom. The Bertz CT molecular complexity index is 430. The number of hydrogen-bond acceptors (Lipinski definition) is 4. The first kappa shape index (κ1) is 16.4. The molecular weight excluding hydrogens is 269 g/mol. The number of hydrogen-bond donors (Lipinski definition) is 2. The molecule has 1 aliphatic rings. The molecule has 0 spiro atoms. The first-order chi connectivity index (χ1) is 10.2. The number of halogens is 1. The van der Waals surface area contributed by atoms with Gasteiger partial charge in [0.15, 0.2) is 0 Å². The molecule has 1 aromatic carbocycles. The maximum Gasteiger partial charge on any atom is 0.127 e. The van der Waals surface area contributed by atoms with E-state index in [4.69, 9.17) is 10.8 Å². The summed E-state index contributed by atoms with van der Waals surface area (Å²) in [6, 6.07) is 6.51. The monoisotopic (exact) mass is 295 g/mol. The van der Waals surface area contributed by atoms with Gasteiger partial charge >= 0.3 is 0 Å². The fourth-order valence-corrected chi connectivity index (χ4v) is 2.87. The molecule has 1 aromatic rings. The smallest absolute Gasteiger partial charge is 0.127 e. The van der Waals surface area contributed by atoms with Crippen LogP contribution in [0.15, 0.2) is 24.3 Å². The maximum atomic E-state index is 13.7. The third-order valence-corrected chi connectivity index (χ3v) is 4.16. The van der Waals surface area contributed by atoms with E-state index in [2.05, 4.69) is 9.80 Å². The minimum Gasteiger partial charge on any atom is -0.395 e. The van der Waals surface area contributed by atoms with Gasteiger partial charge in [-0.05, 0) is 38.5 Å². The maximum absolute atomic E-state index is 13.7. The van der Waals surface area contributed by atoms with Gasteiger partial charge in [-0.2, -0.15) is 0 Å². The van der Waals surface area contributed by atoms with E-state index < -0.39 is 0 Å². The second-order valence-electron chi connectivity index (χ2n) is 5.68. The molecule has 1 atom stereocenters. The molecule has 3 N–H and O–H groups in total. The Hall–Kier alpha value is -1.01. The van der Waals surface area contributed by atoms with Crippen LogP contribution in [0.2, 0.25) is 0 Å². The molecule has 21 heavy (non-hydrogen) atoms. The molecule has 5 heteroatoms. The zero-order valence-electron chi connectivity index (χ0n) is 12.5. The van der Waals surface area contributed by atoms with Gasteiger partial charge in [-0.3, -0.25) is 4.90 Å². The fraction of sp³-hybridized carbons (Fsp3) is 0.625. The second kappa shape index (κ2) is 8.44. The van der Waals surface area contributed by atoms with Gasteiger partial charge in [-0.15, -0.1) is 0 Å². The topological polar surface area (TPSA) is 52.7 Å². The van der Waals surface area contributed by atoms with Crippen molar-refractivity contribution in [2.75, 3.05) is 45.9 Å². The summed E-state index contributed by atoms with van der Waals surface area (Å²) in [6.45, 7) is 5.92. The molecule has 0 radical (unpaired) electrons. The van der Waals surface area contributed by atoms with Gasteiger partial charge in [0, 0.05) is 31.2 Å². The Kier molecular flexibility index (Phi) is 6.57. The van der Waals surface area contributed by atoms with Crippen molar-refractivity contribution >= 4 is 0 Å². The quantitative estimate of drug-likeness (QED) is 0.828. The highest BCUT2D eigenvalue weighted by atomic mass is 19.1. The number of β-amino-alcohol motifs (C(OH)–C–C–N with tert-alkyl or cyclic N) is 1. The van der Waals surface area contributed by atoms with Crippen LogP contribution >= 0.6 is 0 Å². The minimum absolute atomic E-state index is 0.213. The van der Waals surface area contributed by atoms with Crippen LogP contribution < -0.4 is 5.73 Å². The molecule has 0 aromatic heterocycles. The molecule has 0 amide bonds. The molecule has 0 aliphatic carbocycles. The Morgan fingerprint density at radius 1 is 1.10 bits per heavy atom. The summed E-state index contributed by atoms with van der Waals surface area (Å²) in [5.41, 5.74) is 6.72. The number of nitrogens with two attached hydrogens (primary N) is 1. The molecule has 2 rings (SSSR count). The van der Waals surface area contributed by atoms with Crippen LogP contribution in [0.25, 0.3) is 0 Å². The summed E-state index contributed by atoms with van der Waals surface area (Å²) in [7, 11) is 0. The molecule has 1 heterocycles. The van der Waals surface area contributed by atoms with Crippen LogP contribution in [0.3, 0.4) is 0 Å². The summed E-state index contributed by atoms with van der Waals surface area (Å²) in [5, 5.41) is 9.00. The van der Waals surface area contributed by atoms with Gasteiger partial charge in [0.25, 0.3) is 0 Å². The van der Waals surface area contributed by atoms with Crippen molar-refractivity contribution in [3.05, 3.63) is 35.6 Å². The summed E-state index contributed by atoms with van der Waals surface area (Å²) in [4.78, 5) is 4.68. The highest BCUT2D eigenvalue weighted by Gasteiger charge is 2.16. The van der Waals surface area contributed by atoms with Crippen molar-refractivity contribution in [3.63, 3.8) is 0 Å². The van der Waals surface area contributed by atoms with Crippen LogP contribution in [0.1, 0.15) is 24.4 Å². The lowest BCUT2D eigenvalue weighted by molar-refractivity contribution is 0.196. The van der Waals surface area contributed by atoms with Gasteiger partial charge in [-0.25, -0.2) is 4.39 Å².